The summed E-state index contributed by atoms with van der Waals surface area (Å²) in [6.07, 6.45) is 2.16. The number of nitrogens with one attached hydrogen (secondary N) is 1. The number of hydrogen-bond donors (Lipinski definition) is 1. The van der Waals surface area contributed by atoms with Crippen LogP contribution in [0.1, 0.15) is 28.9 Å². The molecule has 0 atom stereocenters. The van der Waals surface area contributed by atoms with Gasteiger partial charge in [0.25, 0.3) is 0 Å². The lowest BCUT2D eigenvalue weighted by atomic mass is 10.2. The van der Waals surface area contributed by atoms with Crippen LogP contribution in [0.15, 0.2) is 6.07 Å². The molecule has 1 aliphatic carbocycles. The highest BCUT2D eigenvalue weighted by Gasteiger charge is 2.24. The average molecular weight is 204 g/mol. The Labute approximate surface area is 87.0 Å². The van der Waals surface area contributed by atoms with Crippen LogP contribution in [0, 0.1) is 6.92 Å². The van der Waals surface area contributed by atoms with Gasteiger partial charge in [-0.25, -0.2) is 4.98 Å². The van der Waals surface area contributed by atoms with Gasteiger partial charge in [-0.2, -0.15) is 0 Å². The minimum absolute atomic E-state index is 1.02. The lowest BCUT2D eigenvalue weighted by molar-refractivity contribution is 1.08. The second-order valence-electron chi connectivity index (χ2n) is 3.74. The lowest BCUT2D eigenvalue weighted by Crippen LogP contribution is -1.81. The second-order valence-corrected chi connectivity index (χ2v) is 4.88. The molecule has 72 valence electrons. The molecule has 0 unspecified atom stereocenters. The SMILES string of the molecule is CCc1cc2c(s1)-c1[nH]c(C)nc1C2. The highest BCUT2D eigenvalue weighted by Crippen LogP contribution is 2.40. The highest BCUT2D eigenvalue weighted by molar-refractivity contribution is 7.15. The fourth-order valence-corrected chi connectivity index (χ4v) is 3.18. The number of rotatable bonds is 1. The molecule has 0 saturated carbocycles. The van der Waals surface area contributed by atoms with Crippen LogP contribution >= 0.6 is 11.3 Å². The highest BCUT2D eigenvalue weighted by atomic mass is 32.1. The van der Waals surface area contributed by atoms with E-state index >= 15 is 0 Å². The van der Waals surface area contributed by atoms with Crippen LogP contribution in [0.25, 0.3) is 10.6 Å². The summed E-state index contributed by atoms with van der Waals surface area (Å²) in [7, 11) is 0. The summed E-state index contributed by atoms with van der Waals surface area (Å²) in [5.41, 5.74) is 3.95. The molecule has 14 heavy (non-hydrogen) atoms. The van der Waals surface area contributed by atoms with Gasteiger partial charge in [0.15, 0.2) is 0 Å². The van der Waals surface area contributed by atoms with Gasteiger partial charge in [0.2, 0.25) is 0 Å². The first-order valence-electron chi connectivity index (χ1n) is 4.95. The van der Waals surface area contributed by atoms with Crippen LogP contribution in [0.2, 0.25) is 0 Å². The molecule has 0 aliphatic heterocycles. The molecule has 0 amide bonds. The molecule has 1 N–H and O–H groups in total. The fourth-order valence-electron chi connectivity index (χ4n) is 2.04. The van der Waals surface area contributed by atoms with E-state index < -0.39 is 0 Å². The summed E-state index contributed by atoms with van der Waals surface area (Å²) < 4.78 is 0. The van der Waals surface area contributed by atoms with E-state index in [1.165, 1.54) is 26.7 Å². The first-order chi connectivity index (χ1) is 6.78. The van der Waals surface area contributed by atoms with E-state index in [4.69, 9.17) is 0 Å². The van der Waals surface area contributed by atoms with E-state index in [0.717, 1.165) is 18.7 Å². The van der Waals surface area contributed by atoms with E-state index in [-0.39, 0.29) is 0 Å². The van der Waals surface area contributed by atoms with Crippen molar-refractivity contribution in [2.24, 2.45) is 0 Å². The number of thiophene rings is 1. The van der Waals surface area contributed by atoms with Crippen LogP contribution < -0.4 is 0 Å². The van der Waals surface area contributed by atoms with Gasteiger partial charge in [-0.15, -0.1) is 11.3 Å². The number of aryl methyl sites for hydroxylation is 2. The van der Waals surface area contributed by atoms with Crippen molar-refractivity contribution < 1.29 is 0 Å². The van der Waals surface area contributed by atoms with Gasteiger partial charge in [0.05, 0.1) is 16.3 Å². The van der Waals surface area contributed by atoms with Gasteiger partial charge in [-0.05, 0) is 25.0 Å². The van der Waals surface area contributed by atoms with Crippen LogP contribution in [-0.2, 0) is 12.8 Å². The molecule has 0 spiro atoms. The summed E-state index contributed by atoms with van der Waals surface area (Å²) in [5.74, 6) is 1.03. The Morgan fingerprint density at radius 1 is 1.57 bits per heavy atom. The maximum Gasteiger partial charge on any atom is 0.103 e. The zero-order valence-corrected chi connectivity index (χ0v) is 9.16. The van der Waals surface area contributed by atoms with Gasteiger partial charge in [-0.3, -0.25) is 0 Å². The van der Waals surface area contributed by atoms with Crippen LogP contribution in [0.4, 0.5) is 0 Å². The number of fused-ring (bicyclic) bond motifs is 3. The number of aromatic amines is 1. The molecule has 0 fully saturated rings. The summed E-state index contributed by atoms with van der Waals surface area (Å²) in [6.45, 7) is 4.23. The van der Waals surface area contributed by atoms with Crippen LogP contribution in [0.5, 0.6) is 0 Å². The average Bonchev–Trinajstić information content (AvgIpc) is 2.74. The molecule has 0 bridgehead atoms. The Morgan fingerprint density at radius 2 is 2.43 bits per heavy atom. The van der Waals surface area contributed by atoms with Crippen molar-refractivity contribution in [3.63, 3.8) is 0 Å². The summed E-state index contributed by atoms with van der Waals surface area (Å²) in [6, 6.07) is 2.32. The van der Waals surface area contributed by atoms with Crippen LogP contribution in [0.3, 0.4) is 0 Å². The normalized spacial score (nSPS) is 13.0. The molecule has 0 saturated heterocycles. The van der Waals surface area contributed by atoms with Crippen molar-refractivity contribution in [2.75, 3.05) is 0 Å². The lowest BCUT2D eigenvalue weighted by Gasteiger charge is -1.88. The van der Waals surface area contributed by atoms with Crippen molar-refractivity contribution in [1.82, 2.24) is 9.97 Å². The van der Waals surface area contributed by atoms with Crippen molar-refractivity contribution >= 4 is 11.3 Å². The molecule has 2 heterocycles. The molecule has 0 aromatic carbocycles. The minimum Gasteiger partial charge on any atom is -0.341 e. The zero-order valence-electron chi connectivity index (χ0n) is 8.35. The van der Waals surface area contributed by atoms with E-state index in [1.807, 2.05) is 18.3 Å². The molecule has 3 heteroatoms. The number of nitrogens with zero attached hydrogens (tertiary/aromatic N) is 1. The predicted molar refractivity (Wildman–Crippen MR) is 58.8 cm³/mol. The van der Waals surface area contributed by atoms with E-state index in [9.17, 15) is 0 Å². The summed E-state index contributed by atoms with van der Waals surface area (Å²) >= 11 is 1.91. The molecule has 2 aromatic rings. The van der Waals surface area contributed by atoms with Gasteiger partial charge in [-0.1, -0.05) is 6.92 Å². The number of imidazole rings is 1. The van der Waals surface area contributed by atoms with Gasteiger partial charge in [0.1, 0.15) is 5.82 Å². The quantitative estimate of drug-likeness (QED) is 0.648. The minimum atomic E-state index is 1.02. The maximum absolute atomic E-state index is 4.48. The van der Waals surface area contributed by atoms with E-state index in [0.29, 0.717) is 0 Å². The fraction of sp³-hybridized carbons (Fsp3) is 0.364. The molecular formula is C11H12N2S. The van der Waals surface area contributed by atoms with Crippen LogP contribution in [-0.4, -0.2) is 9.97 Å². The van der Waals surface area contributed by atoms with Crippen molar-refractivity contribution in [3.05, 3.63) is 28.0 Å². The molecular weight excluding hydrogens is 192 g/mol. The zero-order chi connectivity index (χ0) is 9.71. The molecule has 0 radical (unpaired) electrons. The van der Waals surface area contributed by atoms with E-state index in [1.54, 1.807) is 0 Å². The van der Waals surface area contributed by atoms with Crippen molar-refractivity contribution in [1.29, 1.82) is 0 Å². The third-order valence-corrected chi connectivity index (χ3v) is 4.03. The number of hydrogen-bond acceptors (Lipinski definition) is 2. The smallest absolute Gasteiger partial charge is 0.103 e. The first-order valence-corrected chi connectivity index (χ1v) is 5.77. The summed E-state index contributed by atoms with van der Waals surface area (Å²) in [4.78, 5) is 10.7. The maximum atomic E-state index is 4.48. The Bertz CT molecular complexity index is 493. The predicted octanol–water partition coefficient (Wildman–Crippen LogP) is 2.91. The topological polar surface area (TPSA) is 28.7 Å². The van der Waals surface area contributed by atoms with E-state index in [2.05, 4.69) is 23.0 Å². The van der Waals surface area contributed by atoms with Gasteiger partial charge in [0, 0.05) is 11.3 Å². The Balaban J connectivity index is 2.18. The summed E-state index contributed by atoms with van der Waals surface area (Å²) in [5, 5.41) is 0. The third-order valence-electron chi connectivity index (χ3n) is 2.69. The first kappa shape index (κ1) is 8.24. The molecule has 2 nitrogen and oxygen atoms in total. The number of H-pyrrole nitrogens is 1. The Morgan fingerprint density at radius 3 is 3.21 bits per heavy atom. The molecule has 3 rings (SSSR count). The monoisotopic (exact) mass is 204 g/mol. The molecule has 2 aromatic heterocycles. The largest absolute Gasteiger partial charge is 0.341 e. The Kier molecular flexibility index (Phi) is 1.59. The third kappa shape index (κ3) is 0.989. The standard InChI is InChI=1S/C11H12N2S/c1-3-8-4-7-5-9-10(11(7)14-8)13-6(2)12-9/h4H,3,5H2,1-2H3,(H,12,13). The molecule has 1 aliphatic rings. The second kappa shape index (κ2) is 2.70. The van der Waals surface area contributed by atoms with Crippen molar-refractivity contribution in [3.8, 4) is 10.6 Å². The number of aromatic nitrogens is 2. The van der Waals surface area contributed by atoms with Gasteiger partial charge < -0.3 is 4.98 Å². The Hall–Kier alpha value is -1.09. The van der Waals surface area contributed by atoms with Gasteiger partial charge >= 0.3 is 0 Å². The van der Waals surface area contributed by atoms with Crippen molar-refractivity contribution in [2.45, 2.75) is 26.7 Å².